The molecule has 0 N–H and O–H groups in total. The summed E-state index contributed by atoms with van der Waals surface area (Å²) in [4.78, 5) is 25.5. The van der Waals surface area contributed by atoms with Gasteiger partial charge in [0.2, 0.25) is 12.3 Å². The van der Waals surface area contributed by atoms with Gasteiger partial charge in [-0.3, -0.25) is 9.59 Å². The van der Waals surface area contributed by atoms with Crippen molar-refractivity contribution in [1.82, 2.24) is 9.80 Å². The summed E-state index contributed by atoms with van der Waals surface area (Å²) >= 11 is 0. The predicted octanol–water partition coefficient (Wildman–Crippen LogP) is -0.163. The van der Waals surface area contributed by atoms with Gasteiger partial charge >= 0.3 is 0 Å². The molecule has 5 nitrogen and oxygen atoms in total. The van der Waals surface area contributed by atoms with Gasteiger partial charge in [-0.2, -0.15) is 5.26 Å². The molecule has 0 aromatic heterocycles. The molecule has 0 radical (unpaired) electrons. The first-order valence-electron chi connectivity index (χ1n) is 5.10. The lowest BCUT2D eigenvalue weighted by atomic mass is 10.1. The Morgan fingerprint density at radius 3 is 2.47 bits per heavy atom. The number of hydrogen-bond donors (Lipinski definition) is 0. The Kier molecular flexibility index (Phi) is 4.10. The zero-order chi connectivity index (χ0) is 11.3. The molecule has 0 aromatic carbocycles. The average molecular weight is 209 g/mol. The lowest BCUT2D eigenvalue weighted by Crippen LogP contribution is -2.49. The molecule has 1 aliphatic rings. The first-order chi connectivity index (χ1) is 7.22. The molecule has 1 atom stereocenters. The van der Waals surface area contributed by atoms with Crippen molar-refractivity contribution in [2.75, 3.05) is 26.2 Å². The molecule has 2 amide bonds. The Labute approximate surface area is 89.3 Å². The highest BCUT2D eigenvalue weighted by molar-refractivity contribution is 5.81. The van der Waals surface area contributed by atoms with Gasteiger partial charge in [-0.25, -0.2) is 0 Å². The van der Waals surface area contributed by atoms with E-state index in [1.54, 1.807) is 9.80 Å². The second-order valence-electron chi connectivity index (χ2n) is 3.56. The molecule has 82 valence electrons. The summed E-state index contributed by atoms with van der Waals surface area (Å²) in [5.41, 5.74) is 0. The van der Waals surface area contributed by atoms with Crippen LogP contribution in [0.4, 0.5) is 0 Å². The van der Waals surface area contributed by atoms with Crippen LogP contribution in [-0.2, 0) is 9.59 Å². The van der Waals surface area contributed by atoms with E-state index in [-0.39, 0.29) is 5.91 Å². The number of piperazine rings is 1. The van der Waals surface area contributed by atoms with Gasteiger partial charge in [-0.15, -0.1) is 0 Å². The van der Waals surface area contributed by atoms with Crippen LogP contribution >= 0.6 is 0 Å². The lowest BCUT2D eigenvalue weighted by molar-refractivity contribution is -0.137. The van der Waals surface area contributed by atoms with Crippen molar-refractivity contribution in [1.29, 1.82) is 5.26 Å². The minimum atomic E-state index is -0.534. The Bertz CT molecular complexity index is 277. The molecule has 1 unspecified atom stereocenters. The highest BCUT2D eigenvalue weighted by atomic mass is 16.2. The molecule has 0 bridgehead atoms. The van der Waals surface area contributed by atoms with Crippen LogP contribution in [0.3, 0.4) is 0 Å². The van der Waals surface area contributed by atoms with Crippen LogP contribution in [0.15, 0.2) is 0 Å². The molecule has 0 spiro atoms. The zero-order valence-corrected chi connectivity index (χ0v) is 8.85. The largest absolute Gasteiger partial charge is 0.342 e. The van der Waals surface area contributed by atoms with Crippen LogP contribution in [0, 0.1) is 17.2 Å². The number of carbonyl (C=O) groups is 2. The molecule has 1 fully saturated rings. The summed E-state index contributed by atoms with van der Waals surface area (Å²) < 4.78 is 0. The highest BCUT2D eigenvalue weighted by Crippen LogP contribution is 2.09. The SMILES string of the molecule is CCC(C#N)C(=O)N1CCN(C=O)CC1. The van der Waals surface area contributed by atoms with Gasteiger partial charge in [0.1, 0.15) is 5.92 Å². The van der Waals surface area contributed by atoms with Crippen LogP contribution in [0.25, 0.3) is 0 Å². The van der Waals surface area contributed by atoms with Crippen LogP contribution in [-0.4, -0.2) is 48.3 Å². The van der Waals surface area contributed by atoms with E-state index in [1.165, 1.54) is 0 Å². The van der Waals surface area contributed by atoms with Crippen LogP contribution < -0.4 is 0 Å². The topological polar surface area (TPSA) is 64.4 Å². The van der Waals surface area contributed by atoms with Gasteiger partial charge in [-0.05, 0) is 6.42 Å². The summed E-state index contributed by atoms with van der Waals surface area (Å²) in [7, 11) is 0. The van der Waals surface area contributed by atoms with Gasteiger partial charge in [0.05, 0.1) is 6.07 Å². The van der Waals surface area contributed by atoms with E-state index in [0.29, 0.717) is 32.6 Å². The number of amides is 2. The maximum atomic E-state index is 11.8. The van der Waals surface area contributed by atoms with Gasteiger partial charge < -0.3 is 9.80 Å². The molecule has 0 aromatic rings. The summed E-state index contributed by atoms with van der Waals surface area (Å²) in [5.74, 6) is -0.640. The quantitative estimate of drug-likeness (QED) is 0.606. The molecule has 15 heavy (non-hydrogen) atoms. The van der Waals surface area contributed by atoms with Crippen LogP contribution in [0.5, 0.6) is 0 Å². The van der Waals surface area contributed by atoms with Crippen molar-refractivity contribution in [3.05, 3.63) is 0 Å². The van der Waals surface area contributed by atoms with Crippen molar-refractivity contribution in [2.45, 2.75) is 13.3 Å². The second kappa shape index (κ2) is 5.35. The zero-order valence-electron chi connectivity index (χ0n) is 8.85. The maximum absolute atomic E-state index is 11.8. The number of nitriles is 1. The van der Waals surface area contributed by atoms with Crippen molar-refractivity contribution in [3.63, 3.8) is 0 Å². The van der Waals surface area contributed by atoms with E-state index in [0.717, 1.165) is 6.41 Å². The van der Waals surface area contributed by atoms with E-state index in [1.807, 2.05) is 13.0 Å². The highest BCUT2D eigenvalue weighted by Gasteiger charge is 2.25. The molecule has 5 heteroatoms. The molecule has 1 rings (SSSR count). The number of carbonyl (C=O) groups excluding carboxylic acids is 2. The summed E-state index contributed by atoms with van der Waals surface area (Å²) in [5, 5.41) is 8.76. The predicted molar refractivity (Wildman–Crippen MR) is 53.6 cm³/mol. The van der Waals surface area contributed by atoms with E-state index in [9.17, 15) is 9.59 Å². The fourth-order valence-electron chi connectivity index (χ4n) is 1.59. The lowest BCUT2D eigenvalue weighted by Gasteiger charge is -2.33. The monoisotopic (exact) mass is 209 g/mol. The van der Waals surface area contributed by atoms with Gasteiger partial charge in [0.25, 0.3) is 0 Å². The van der Waals surface area contributed by atoms with Crippen molar-refractivity contribution >= 4 is 12.3 Å². The molecule has 1 aliphatic heterocycles. The summed E-state index contributed by atoms with van der Waals surface area (Å²) in [6.07, 6.45) is 1.34. The van der Waals surface area contributed by atoms with E-state index in [2.05, 4.69) is 0 Å². The first-order valence-corrected chi connectivity index (χ1v) is 5.10. The fourth-order valence-corrected chi connectivity index (χ4v) is 1.59. The van der Waals surface area contributed by atoms with Gasteiger partial charge in [-0.1, -0.05) is 6.92 Å². The molecular weight excluding hydrogens is 194 g/mol. The Hall–Kier alpha value is -1.57. The van der Waals surface area contributed by atoms with E-state index >= 15 is 0 Å². The van der Waals surface area contributed by atoms with Crippen LogP contribution in [0.2, 0.25) is 0 Å². The van der Waals surface area contributed by atoms with Crippen molar-refractivity contribution in [3.8, 4) is 6.07 Å². The third-order valence-electron chi connectivity index (χ3n) is 2.64. The van der Waals surface area contributed by atoms with E-state index < -0.39 is 5.92 Å². The maximum Gasteiger partial charge on any atom is 0.240 e. The number of nitrogens with zero attached hydrogens (tertiary/aromatic N) is 3. The fraction of sp³-hybridized carbons (Fsp3) is 0.700. The summed E-state index contributed by atoms with van der Waals surface area (Å²) in [6, 6.07) is 2.00. The number of rotatable bonds is 3. The second-order valence-corrected chi connectivity index (χ2v) is 3.56. The molecular formula is C10H15N3O2. The Morgan fingerprint density at radius 1 is 1.47 bits per heavy atom. The third kappa shape index (κ3) is 2.69. The Morgan fingerprint density at radius 2 is 2.07 bits per heavy atom. The number of hydrogen-bond acceptors (Lipinski definition) is 3. The van der Waals surface area contributed by atoms with Crippen LogP contribution in [0.1, 0.15) is 13.3 Å². The molecule has 0 saturated carbocycles. The van der Waals surface area contributed by atoms with Gasteiger partial charge in [0.15, 0.2) is 0 Å². The minimum Gasteiger partial charge on any atom is -0.342 e. The molecule has 1 heterocycles. The standard InChI is InChI=1S/C10H15N3O2/c1-2-9(7-11)10(15)13-5-3-12(8-14)4-6-13/h8-9H,2-6H2,1H3. The molecule has 0 aliphatic carbocycles. The smallest absolute Gasteiger partial charge is 0.240 e. The van der Waals surface area contributed by atoms with Crippen molar-refractivity contribution < 1.29 is 9.59 Å². The minimum absolute atomic E-state index is 0.106. The van der Waals surface area contributed by atoms with Gasteiger partial charge in [0, 0.05) is 26.2 Å². The third-order valence-corrected chi connectivity index (χ3v) is 2.64. The average Bonchev–Trinajstić information content (AvgIpc) is 2.30. The molecule has 1 saturated heterocycles. The first kappa shape index (κ1) is 11.5. The normalized spacial score (nSPS) is 18.1. The Balaban J connectivity index is 2.49. The van der Waals surface area contributed by atoms with Crippen molar-refractivity contribution in [2.24, 2.45) is 5.92 Å². The summed E-state index contributed by atoms with van der Waals surface area (Å²) in [6.45, 7) is 4.03. The van der Waals surface area contributed by atoms with E-state index in [4.69, 9.17) is 5.26 Å².